The van der Waals surface area contributed by atoms with Crippen LogP contribution in [-0.2, 0) is 11.2 Å². The van der Waals surface area contributed by atoms with Gasteiger partial charge in [0.2, 0.25) is 5.91 Å². The molecular weight excluding hydrogens is 302 g/mol. The van der Waals surface area contributed by atoms with E-state index in [1.807, 2.05) is 24.3 Å². The van der Waals surface area contributed by atoms with Gasteiger partial charge in [-0.3, -0.25) is 4.79 Å². The zero-order chi connectivity index (χ0) is 15.9. The molecule has 0 spiro atoms. The Hall–Kier alpha value is -2.20. The number of aryl methyl sites for hydroxylation is 1. The molecule has 5 heteroatoms. The van der Waals surface area contributed by atoms with Gasteiger partial charge < -0.3 is 14.8 Å². The smallest absolute Gasteiger partial charge is 0.224 e. The van der Waals surface area contributed by atoms with Crippen LogP contribution < -0.4 is 14.8 Å². The highest BCUT2D eigenvalue weighted by Gasteiger charge is 2.08. The second-order valence-electron chi connectivity index (χ2n) is 4.71. The molecule has 116 valence electrons. The number of benzene rings is 2. The number of anilines is 1. The Morgan fingerprint density at radius 3 is 2.50 bits per heavy atom. The van der Waals surface area contributed by atoms with E-state index >= 15 is 0 Å². The first kappa shape index (κ1) is 16.2. The van der Waals surface area contributed by atoms with E-state index in [1.165, 1.54) is 0 Å². The van der Waals surface area contributed by atoms with Crippen LogP contribution in [0.3, 0.4) is 0 Å². The molecule has 2 aromatic carbocycles. The molecule has 0 aliphatic rings. The van der Waals surface area contributed by atoms with Gasteiger partial charge in [-0.25, -0.2) is 0 Å². The van der Waals surface area contributed by atoms with Crippen LogP contribution in [0.5, 0.6) is 11.5 Å². The van der Waals surface area contributed by atoms with Gasteiger partial charge in [0.25, 0.3) is 0 Å². The first-order chi connectivity index (χ1) is 10.6. The van der Waals surface area contributed by atoms with Gasteiger partial charge in [0.15, 0.2) is 0 Å². The third kappa shape index (κ3) is 4.15. The molecule has 0 atom stereocenters. The minimum atomic E-state index is -0.0767. The molecule has 0 saturated heterocycles. The predicted octanol–water partition coefficient (Wildman–Crippen LogP) is 3.93. The maximum absolute atomic E-state index is 12.0. The summed E-state index contributed by atoms with van der Waals surface area (Å²) in [4.78, 5) is 12.0. The van der Waals surface area contributed by atoms with E-state index in [0.717, 1.165) is 11.3 Å². The van der Waals surface area contributed by atoms with Crippen LogP contribution in [0, 0.1) is 0 Å². The van der Waals surface area contributed by atoms with Gasteiger partial charge in [-0.15, -0.1) is 0 Å². The number of ether oxygens (including phenoxy) is 2. The number of para-hydroxylation sites is 1. The summed E-state index contributed by atoms with van der Waals surface area (Å²) >= 11 is 6.03. The number of methoxy groups -OCH3 is 2. The Labute approximate surface area is 135 Å². The monoisotopic (exact) mass is 319 g/mol. The van der Waals surface area contributed by atoms with E-state index < -0.39 is 0 Å². The summed E-state index contributed by atoms with van der Waals surface area (Å²) in [6, 6.07) is 12.8. The van der Waals surface area contributed by atoms with Gasteiger partial charge in [-0.2, -0.15) is 0 Å². The van der Waals surface area contributed by atoms with Crippen LogP contribution in [0.1, 0.15) is 12.0 Å². The van der Waals surface area contributed by atoms with Crippen molar-refractivity contribution in [3.8, 4) is 11.5 Å². The number of nitrogens with one attached hydrogen (secondary N) is 1. The van der Waals surface area contributed by atoms with Gasteiger partial charge in [-0.1, -0.05) is 29.8 Å². The van der Waals surface area contributed by atoms with Crippen molar-refractivity contribution in [1.29, 1.82) is 0 Å². The molecule has 0 aliphatic heterocycles. The molecule has 0 unspecified atom stereocenters. The van der Waals surface area contributed by atoms with E-state index in [1.54, 1.807) is 32.4 Å². The fraction of sp³-hybridized carbons (Fsp3) is 0.235. The van der Waals surface area contributed by atoms with Crippen LogP contribution in [0.25, 0.3) is 0 Å². The fourth-order valence-corrected chi connectivity index (χ4v) is 2.38. The van der Waals surface area contributed by atoms with Crippen LogP contribution in [0.2, 0.25) is 5.02 Å². The second-order valence-corrected chi connectivity index (χ2v) is 5.12. The Bertz CT molecular complexity index is 658. The topological polar surface area (TPSA) is 47.6 Å². The van der Waals surface area contributed by atoms with Crippen molar-refractivity contribution in [1.82, 2.24) is 0 Å². The molecule has 2 aromatic rings. The van der Waals surface area contributed by atoms with E-state index in [2.05, 4.69) is 5.32 Å². The summed E-state index contributed by atoms with van der Waals surface area (Å²) in [6.45, 7) is 0. The molecule has 1 N–H and O–H groups in total. The Morgan fingerprint density at radius 2 is 1.82 bits per heavy atom. The van der Waals surface area contributed by atoms with Crippen molar-refractivity contribution in [2.75, 3.05) is 19.5 Å². The van der Waals surface area contributed by atoms with Crippen LogP contribution in [0.4, 0.5) is 5.69 Å². The lowest BCUT2D eigenvalue weighted by molar-refractivity contribution is -0.116. The molecule has 0 bridgehead atoms. The molecule has 0 fully saturated rings. The average Bonchev–Trinajstić information content (AvgIpc) is 2.53. The molecule has 0 radical (unpaired) electrons. The minimum Gasteiger partial charge on any atom is -0.496 e. The number of rotatable bonds is 6. The van der Waals surface area contributed by atoms with Crippen molar-refractivity contribution >= 4 is 23.2 Å². The summed E-state index contributed by atoms with van der Waals surface area (Å²) in [5, 5.41) is 3.29. The Balaban J connectivity index is 1.94. The highest BCUT2D eigenvalue weighted by Crippen LogP contribution is 2.27. The van der Waals surface area contributed by atoms with Crippen LogP contribution in [0.15, 0.2) is 42.5 Å². The second kappa shape index (κ2) is 7.71. The maximum atomic E-state index is 12.0. The van der Waals surface area contributed by atoms with Crippen molar-refractivity contribution in [3.05, 3.63) is 53.1 Å². The first-order valence-corrected chi connectivity index (χ1v) is 7.27. The van der Waals surface area contributed by atoms with E-state index in [0.29, 0.717) is 29.3 Å². The normalized spacial score (nSPS) is 10.1. The molecule has 4 nitrogen and oxygen atoms in total. The number of hydrogen-bond donors (Lipinski definition) is 1. The van der Waals surface area contributed by atoms with E-state index in [9.17, 15) is 4.79 Å². The lowest BCUT2D eigenvalue weighted by Gasteiger charge is -2.09. The van der Waals surface area contributed by atoms with Crippen LogP contribution in [-0.4, -0.2) is 20.1 Å². The molecule has 0 aromatic heterocycles. The molecular formula is C17H18ClNO3. The third-order valence-corrected chi connectivity index (χ3v) is 3.54. The molecule has 22 heavy (non-hydrogen) atoms. The standard InChI is InChI=1S/C17H18ClNO3/c1-21-15-6-4-3-5-12(15)7-10-17(20)19-13-8-9-16(22-2)14(18)11-13/h3-6,8-9,11H,7,10H2,1-2H3,(H,19,20). The minimum absolute atomic E-state index is 0.0767. The summed E-state index contributed by atoms with van der Waals surface area (Å²) in [5.41, 5.74) is 1.66. The highest BCUT2D eigenvalue weighted by molar-refractivity contribution is 6.32. The molecule has 0 aliphatic carbocycles. The number of carbonyl (C=O) groups is 1. The summed E-state index contributed by atoms with van der Waals surface area (Å²) in [7, 11) is 3.17. The van der Waals surface area contributed by atoms with Gasteiger partial charge in [0.1, 0.15) is 11.5 Å². The number of amides is 1. The first-order valence-electron chi connectivity index (χ1n) is 6.89. The average molecular weight is 320 g/mol. The quantitative estimate of drug-likeness (QED) is 0.877. The maximum Gasteiger partial charge on any atom is 0.224 e. The molecule has 1 amide bonds. The van der Waals surface area contributed by atoms with Gasteiger partial charge in [-0.05, 0) is 36.2 Å². The third-order valence-electron chi connectivity index (χ3n) is 3.25. The van der Waals surface area contributed by atoms with Gasteiger partial charge >= 0.3 is 0 Å². The highest BCUT2D eigenvalue weighted by atomic mass is 35.5. The number of hydrogen-bond acceptors (Lipinski definition) is 3. The van der Waals surface area contributed by atoms with E-state index in [4.69, 9.17) is 21.1 Å². The molecule has 2 rings (SSSR count). The number of halogens is 1. The van der Waals surface area contributed by atoms with Crippen molar-refractivity contribution in [3.63, 3.8) is 0 Å². The van der Waals surface area contributed by atoms with Crippen molar-refractivity contribution in [2.45, 2.75) is 12.8 Å². The zero-order valence-corrected chi connectivity index (χ0v) is 13.3. The molecule has 0 saturated carbocycles. The molecule has 0 heterocycles. The lowest BCUT2D eigenvalue weighted by atomic mass is 10.1. The Kier molecular flexibility index (Phi) is 5.67. The number of carbonyl (C=O) groups excluding carboxylic acids is 1. The summed E-state index contributed by atoms with van der Waals surface area (Å²) in [6.07, 6.45) is 0.976. The zero-order valence-electron chi connectivity index (χ0n) is 12.6. The summed E-state index contributed by atoms with van der Waals surface area (Å²) < 4.78 is 10.4. The summed E-state index contributed by atoms with van der Waals surface area (Å²) in [5.74, 6) is 1.30. The fourth-order valence-electron chi connectivity index (χ4n) is 2.13. The Morgan fingerprint density at radius 1 is 1.09 bits per heavy atom. The van der Waals surface area contributed by atoms with Gasteiger partial charge in [0, 0.05) is 12.1 Å². The lowest BCUT2D eigenvalue weighted by Crippen LogP contribution is -2.12. The largest absolute Gasteiger partial charge is 0.496 e. The van der Waals surface area contributed by atoms with Crippen molar-refractivity contribution < 1.29 is 14.3 Å². The van der Waals surface area contributed by atoms with Gasteiger partial charge in [0.05, 0.1) is 19.2 Å². The van der Waals surface area contributed by atoms with Crippen molar-refractivity contribution in [2.24, 2.45) is 0 Å². The SMILES string of the molecule is COc1ccc(NC(=O)CCc2ccccc2OC)cc1Cl. The van der Waals surface area contributed by atoms with Crippen LogP contribution >= 0.6 is 11.6 Å². The predicted molar refractivity (Wildman–Crippen MR) is 87.9 cm³/mol. The van der Waals surface area contributed by atoms with E-state index in [-0.39, 0.29) is 5.91 Å².